The van der Waals surface area contributed by atoms with Crippen LogP contribution < -0.4 is 4.90 Å². The summed E-state index contributed by atoms with van der Waals surface area (Å²) >= 11 is 5.91. The van der Waals surface area contributed by atoms with E-state index >= 15 is 0 Å². The Kier molecular flexibility index (Phi) is 5.28. The van der Waals surface area contributed by atoms with Crippen molar-refractivity contribution < 1.29 is 14.0 Å². The van der Waals surface area contributed by atoms with Crippen LogP contribution in [-0.2, 0) is 4.79 Å². The van der Waals surface area contributed by atoms with Gasteiger partial charge < -0.3 is 4.90 Å². The molecular weight excluding hydrogens is 355 g/mol. The summed E-state index contributed by atoms with van der Waals surface area (Å²) in [6.45, 7) is 4.64. The molecule has 136 valence electrons. The van der Waals surface area contributed by atoms with Gasteiger partial charge in [0.25, 0.3) is 5.91 Å². The molecular formula is C20H20ClFN2O2. The van der Waals surface area contributed by atoms with Gasteiger partial charge >= 0.3 is 0 Å². The highest BCUT2D eigenvalue weighted by Gasteiger charge is 2.27. The summed E-state index contributed by atoms with van der Waals surface area (Å²) in [5, 5.41) is -0.0619. The molecule has 0 N–H and O–H groups in total. The van der Waals surface area contributed by atoms with Crippen LogP contribution in [-0.4, -0.2) is 29.9 Å². The molecule has 6 heteroatoms. The largest absolute Gasteiger partial charge is 0.324 e. The number of carbonyl (C=O) groups is 2. The average molecular weight is 375 g/mol. The maximum Gasteiger partial charge on any atom is 0.259 e. The van der Waals surface area contributed by atoms with Crippen molar-refractivity contribution in [2.75, 3.05) is 18.1 Å². The quantitative estimate of drug-likeness (QED) is 0.799. The molecule has 1 aliphatic rings. The number of amides is 2. The van der Waals surface area contributed by atoms with Gasteiger partial charge in [0.1, 0.15) is 12.5 Å². The van der Waals surface area contributed by atoms with Gasteiger partial charge in [-0.05, 0) is 61.7 Å². The standard InChI is InChI=1S/C20H20ClFN2O2/c1-13-5-6-15(10-14(13)2)20(26)24(12-23-9-3-4-19(23)25)16-7-8-18(22)17(21)11-16/h5-8,10-11H,3-4,9,12H2,1-2H3. The lowest BCUT2D eigenvalue weighted by atomic mass is 10.1. The first-order valence-electron chi connectivity index (χ1n) is 8.49. The SMILES string of the molecule is Cc1ccc(C(=O)N(CN2CCCC2=O)c2ccc(F)c(Cl)c2)cc1C. The minimum Gasteiger partial charge on any atom is -0.324 e. The first kappa shape index (κ1) is 18.4. The predicted octanol–water partition coefficient (Wildman–Crippen LogP) is 4.32. The Morgan fingerprint density at radius 3 is 2.58 bits per heavy atom. The molecule has 4 nitrogen and oxygen atoms in total. The molecule has 3 rings (SSSR count). The van der Waals surface area contributed by atoms with Crippen LogP contribution in [0.4, 0.5) is 10.1 Å². The number of nitrogens with zero attached hydrogens (tertiary/aromatic N) is 2. The van der Waals surface area contributed by atoms with E-state index in [1.807, 2.05) is 26.0 Å². The maximum atomic E-state index is 13.6. The van der Waals surface area contributed by atoms with Crippen molar-refractivity contribution in [3.05, 3.63) is 63.9 Å². The number of halogens is 2. The molecule has 1 fully saturated rings. The third-order valence-corrected chi connectivity index (χ3v) is 4.99. The lowest BCUT2D eigenvalue weighted by molar-refractivity contribution is -0.127. The Morgan fingerprint density at radius 1 is 1.19 bits per heavy atom. The van der Waals surface area contributed by atoms with Gasteiger partial charge in [0, 0.05) is 24.2 Å². The van der Waals surface area contributed by atoms with Crippen molar-refractivity contribution in [1.29, 1.82) is 0 Å². The number of benzene rings is 2. The summed E-state index contributed by atoms with van der Waals surface area (Å²) in [4.78, 5) is 28.3. The van der Waals surface area contributed by atoms with Crippen molar-refractivity contribution in [3.8, 4) is 0 Å². The van der Waals surface area contributed by atoms with E-state index in [-0.39, 0.29) is 23.5 Å². The van der Waals surface area contributed by atoms with E-state index in [9.17, 15) is 14.0 Å². The molecule has 2 aromatic rings. The number of carbonyl (C=O) groups excluding carboxylic acids is 2. The van der Waals surface area contributed by atoms with Gasteiger partial charge in [0.05, 0.1) is 5.02 Å². The Hall–Kier alpha value is -2.40. The second kappa shape index (κ2) is 7.46. The van der Waals surface area contributed by atoms with E-state index in [0.717, 1.165) is 17.5 Å². The number of likely N-dealkylation sites (tertiary alicyclic amines) is 1. The van der Waals surface area contributed by atoms with E-state index in [2.05, 4.69) is 0 Å². The molecule has 1 aliphatic heterocycles. The first-order chi connectivity index (χ1) is 12.4. The summed E-state index contributed by atoms with van der Waals surface area (Å²) in [6, 6.07) is 9.61. The molecule has 0 bridgehead atoms. The van der Waals surface area contributed by atoms with Crippen LogP contribution in [0.25, 0.3) is 0 Å². The number of anilines is 1. The molecule has 0 radical (unpaired) electrons. The topological polar surface area (TPSA) is 40.6 Å². The van der Waals surface area contributed by atoms with Gasteiger partial charge in [-0.2, -0.15) is 0 Å². The molecule has 0 unspecified atom stereocenters. The third-order valence-electron chi connectivity index (χ3n) is 4.70. The normalized spacial score (nSPS) is 14.0. The van der Waals surface area contributed by atoms with E-state index in [4.69, 9.17) is 11.6 Å². The molecule has 0 aromatic heterocycles. The molecule has 1 saturated heterocycles. The minimum atomic E-state index is -0.550. The Balaban J connectivity index is 1.98. The van der Waals surface area contributed by atoms with Crippen LogP contribution in [0.2, 0.25) is 5.02 Å². The molecule has 0 saturated carbocycles. The highest BCUT2D eigenvalue weighted by molar-refractivity contribution is 6.31. The Bertz CT molecular complexity index is 869. The van der Waals surface area contributed by atoms with E-state index in [1.54, 1.807) is 11.0 Å². The Morgan fingerprint density at radius 2 is 1.96 bits per heavy atom. The van der Waals surface area contributed by atoms with Gasteiger partial charge in [-0.1, -0.05) is 17.7 Å². The first-order valence-corrected chi connectivity index (χ1v) is 8.86. The van der Waals surface area contributed by atoms with Gasteiger partial charge in [0.15, 0.2) is 0 Å². The summed E-state index contributed by atoms with van der Waals surface area (Å²) in [5.74, 6) is -0.794. The fourth-order valence-corrected chi connectivity index (χ4v) is 3.15. The smallest absolute Gasteiger partial charge is 0.259 e. The zero-order valence-electron chi connectivity index (χ0n) is 14.8. The molecule has 1 heterocycles. The summed E-state index contributed by atoms with van der Waals surface area (Å²) < 4.78 is 13.6. The average Bonchev–Trinajstić information content (AvgIpc) is 3.02. The molecule has 26 heavy (non-hydrogen) atoms. The third kappa shape index (κ3) is 3.73. The maximum absolute atomic E-state index is 13.6. The molecule has 2 aromatic carbocycles. The second-order valence-electron chi connectivity index (χ2n) is 6.53. The minimum absolute atomic E-state index is 0.0103. The Labute approximate surface area is 157 Å². The van der Waals surface area contributed by atoms with Crippen molar-refractivity contribution >= 4 is 29.1 Å². The summed E-state index contributed by atoms with van der Waals surface area (Å²) in [7, 11) is 0. The zero-order valence-corrected chi connectivity index (χ0v) is 15.5. The lowest BCUT2D eigenvalue weighted by Crippen LogP contribution is -2.42. The highest BCUT2D eigenvalue weighted by atomic mass is 35.5. The molecule has 0 aliphatic carbocycles. The van der Waals surface area contributed by atoms with Crippen LogP contribution in [0.3, 0.4) is 0 Å². The van der Waals surface area contributed by atoms with Crippen LogP contribution in [0.5, 0.6) is 0 Å². The van der Waals surface area contributed by atoms with E-state index < -0.39 is 5.82 Å². The van der Waals surface area contributed by atoms with Gasteiger partial charge in [0.2, 0.25) is 5.91 Å². The number of hydrogen-bond donors (Lipinski definition) is 0. The monoisotopic (exact) mass is 374 g/mol. The fourth-order valence-electron chi connectivity index (χ4n) is 2.97. The summed E-state index contributed by atoms with van der Waals surface area (Å²) in [5.41, 5.74) is 3.07. The van der Waals surface area contributed by atoms with Crippen LogP contribution in [0, 0.1) is 19.7 Å². The second-order valence-corrected chi connectivity index (χ2v) is 6.94. The van der Waals surface area contributed by atoms with Crippen LogP contribution in [0.15, 0.2) is 36.4 Å². The number of rotatable bonds is 4. The molecule has 0 atom stereocenters. The van der Waals surface area contributed by atoms with Gasteiger partial charge in [-0.25, -0.2) is 4.39 Å². The number of hydrogen-bond acceptors (Lipinski definition) is 2. The predicted molar refractivity (Wildman–Crippen MR) is 99.9 cm³/mol. The molecule has 0 spiro atoms. The number of aryl methyl sites for hydroxylation is 2. The van der Waals surface area contributed by atoms with Crippen LogP contribution in [0.1, 0.15) is 34.3 Å². The van der Waals surface area contributed by atoms with Gasteiger partial charge in [-0.15, -0.1) is 0 Å². The highest BCUT2D eigenvalue weighted by Crippen LogP contribution is 2.26. The van der Waals surface area contributed by atoms with Crippen molar-refractivity contribution in [1.82, 2.24) is 4.90 Å². The lowest BCUT2D eigenvalue weighted by Gasteiger charge is -2.28. The van der Waals surface area contributed by atoms with E-state index in [0.29, 0.717) is 24.2 Å². The van der Waals surface area contributed by atoms with E-state index in [1.165, 1.54) is 23.1 Å². The van der Waals surface area contributed by atoms with Crippen molar-refractivity contribution in [2.45, 2.75) is 26.7 Å². The van der Waals surface area contributed by atoms with Gasteiger partial charge in [-0.3, -0.25) is 14.5 Å². The van der Waals surface area contributed by atoms with Crippen molar-refractivity contribution in [3.63, 3.8) is 0 Å². The van der Waals surface area contributed by atoms with Crippen molar-refractivity contribution in [2.24, 2.45) is 0 Å². The fraction of sp³-hybridized carbons (Fsp3) is 0.300. The van der Waals surface area contributed by atoms with Crippen LogP contribution >= 0.6 is 11.6 Å². The molecule has 2 amide bonds. The summed E-state index contributed by atoms with van der Waals surface area (Å²) in [6.07, 6.45) is 1.25. The zero-order chi connectivity index (χ0) is 18.8.